The number of urea groups is 1. The monoisotopic (exact) mass is 358 g/mol. The second-order valence-corrected chi connectivity index (χ2v) is 7.35. The van der Waals surface area contributed by atoms with Crippen molar-refractivity contribution in [3.05, 3.63) is 34.6 Å². The molecule has 0 N–H and O–H groups in total. The van der Waals surface area contributed by atoms with Gasteiger partial charge in [0.25, 0.3) is 5.91 Å². The van der Waals surface area contributed by atoms with E-state index in [0.717, 1.165) is 34.3 Å². The van der Waals surface area contributed by atoms with E-state index in [-0.39, 0.29) is 36.9 Å². The predicted octanol–water partition coefficient (Wildman–Crippen LogP) is 2.16. The molecule has 4 rings (SSSR count). The maximum absolute atomic E-state index is 12.7. The van der Waals surface area contributed by atoms with Gasteiger partial charge in [-0.1, -0.05) is 0 Å². The molecule has 7 nitrogen and oxygen atoms in total. The van der Waals surface area contributed by atoms with Gasteiger partial charge in [-0.3, -0.25) is 19.1 Å². The summed E-state index contributed by atoms with van der Waals surface area (Å²) >= 11 is 1.49. The molecule has 1 saturated carbocycles. The van der Waals surface area contributed by atoms with Gasteiger partial charge in [0.05, 0.1) is 6.54 Å². The van der Waals surface area contributed by atoms with Gasteiger partial charge in [0.15, 0.2) is 10.9 Å². The van der Waals surface area contributed by atoms with Crippen LogP contribution in [-0.2, 0) is 4.79 Å². The van der Waals surface area contributed by atoms with E-state index in [1.54, 1.807) is 17.2 Å². The Morgan fingerprint density at radius 2 is 2.08 bits per heavy atom. The van der Waals surface area contributed by atoms with E-state index in [4.69, 9.17) is 0 Å². The molecule has 8 heteroatoms. The zero-order valence-electron chi connectivity index (χ0n) is 14.1. The fourth-order valence-electron chi connectivity index (χ4n) is 3.28. The minimum absolute atomic E-state index is 0.0922. The third-order valence-corrected chi connectivity index (χ3v) is 5.47. The van der Waals surface area contributed by atoms with Gasteiger partial charge in [-0.25, -0.2) is 9.78 Å². The Hall–Kier alpha value is -2.48. The summed E-state index contributed by atoms with van der Waals surface area (Å²) in [4.78, 5) is 44.2. The average molecular weight is 358 g/mol. The topological polar surface area (TPSA) is 75.5 Å². The van der Waals surface area contributed by atoms with Gasteiger partial charge in [0.2, 0.25) is 0 Å². The summed E-state index contributed by atoms with van der Waals surface area (Å²) in [5.74, 6) is -0.519. The van der Waals surface area contributed by atoms with Gasteiger partial charge in [-0.05, 0) is 32.8 Å². The highest BCUT2D eigenvalue weighted by molar-refractivity contribution is 7.12. The molecular formula is C17H18N4O3S. The standard InChI is InChI=1S/C17H18N4O3S/c1-10-7-13(11(2)21(10)16-18-5-6-25-16)14(22)8-20-15(23)9-19(17(20)24)12-3-4-12/h5-7,12H,3-4,8-9H2,1-2H3. The van der Waals surface area contributed by atoms with Crippen LogP contribution in [0.25, 0.3) is 5.13 Å². The van der Waals surface area contributed by atoms with Gasteiger partial charge in [-0.2, -0.15) is 0 Å². The van der Waals surface area contributed by atoms with Crippen LogP contribution in [0, 0.1) is 13.8 Å². The molecule has 2 fully saturated rings. The molecular weight excluding hydrogens is 340 g/mol. The van der Waals surface area contributed by atoms with Crippen LogP contribution in [0.4, 0.5) is 4.79 Å². The third-order valence-electron chi connectivity index (χ3n) is 4.71. The summed E-state index contributed by atoms with van der Waals surface area (Å²) in [7, 11) is 0. The van der Waals surface area contributed by atoms with Crippen LogP contribution >= 0.6 is 11.3 Å². The molecule has 25 heavy (non-hydrogen) atoms. The maximum atomic E-state index is 12.7. The molecule has 0 unspecified atom stereocenters. The summed E-state index contributed by atoms with van der Waals surface area (Å²) < 4.78 is 1.92. The molecule has 1 saturated heterocycles. The van der Waals surface area contributed by atoms with E-state index < -0.39 is 0 Å². The highest BCUT2D eigenvalue weighted by Crippen LogP contribution is 2.30. The Bertz CT molecular complexity index is 867. The van der Waals surface area contributed by atoms with Crippen LogP contribution < -0.4 is 0 Å². The molecule has 2 aromatic heterocycles. The minimum atomic E-state index is -0.338. The largest absolute Gasteiger partial charge is 0.327 e. The Morgan fingerprint density at radius 1 is 1.32 bits per heavy atom. The van der Waals surface area contributed by atoms with E-state index in [1.165, 1.54) is 11.3 Å². The van der Waals surface area contributed by atoms with E-state index in [9.17, 15) is 14.4 Å². The lowest BCUT2D eigenvalue weighted by atomic mass is 10.1. The van der Waals surface area contributed by atoms with Crippen molar-refractivity contribution in [1.82, 2.24) is 19.4 Å². The number of carbonyl (C=O) groups is 3. The Labute approximate surface area is 148 Å². The lowest BCUT2D eigenvalue weighted by Gasteiger charge is -2.15. The molecule has 130 valence electrons. The van der Waals surface area contributed by atoms with Crippen molar-refractivity contribution < 1.29 is 14.4 Å². The highest BCUT2D eigenvalue weighted by Gasteiger charge is 2.44. The van der Waals surface area contributed by atoms with Gasteiger partial charge < -0.3 is 4.90 Å². The van der Waals surface area contributed by atoms with Crippen molar-refractivity contribution in [3.8, 4) is 5.13 Å². The number of hydrogen-bond donors (Lipinski definition) is 0. The smallest absolute Gasteiger partial charge is 0.312 e. The van der Waals surface area contributed by atoms with Crippen LogP contribution in [0.1, 0.15) is 34.6 Å². The number of Topliss-reactive ketones (excluding diaryl/α,β-unsaturated/α-hetero) is 1. The molecule has 1 aliphatic carbocycles. The molecule has 0 radical (unpaired) electrons. The number of nitrogens with zero attached hydrogens (tertiary/aromatic N) is 4. The lowest BCUT2D eigenvalue weighted by Crippen LogP contribution is -2.37. The Balaban J connectivity index is 1.57. The number of aromatic nitrogens is 2. The third kappa shape index (κ3) is 2.66. The van der Waals surface area contributed by atoms with Crippen LogP contribution in [-0.4, -0.2) is 56.2 Å². The molecule has 3 heterocycles. The van der Waals surface area contributed by atoms with E-state index in [2.05, 4.69) is 4.98 Å². The normalized spacial score (nSPS) is 17.7. The lowest BCUT2D eigenvalue weighted by molar-refractivity contribution is -0.125. The molecule has 2 aromatic rings. The summed E-state index contributed by atoms with van der Waals surface area (Å²) in [5.41, 5.74) is 2.20. The second-order valence-electron chi connectivity index (χ2n) is 6.48. The summed E-state index contributed by atoms with van der Waals surface area (Å²) in [6.45, 7) is 3.65. The van der Waals surface area contributed by atoms with Crippen molar-refractivity contribution in [3.63, 3.8) is 0 Å². The number of amides is 3. The first kappa shape index (κ1) is 16.0. The average Bonchev–Trinajstić information content (AvgIpc) is 3.09. The summed E-state index contributed by atoms with van der Waals surface area (Å²) in [5, 5.41) is 2.67. The number of aryl methyl sites for hydroxylation is 1. The number of hydrogen-bond acceptors (Lipinski definition) is 5. The first-order chi connectivity index (χ1) is 12.0. The van der Waals surface area contributed by atoms with Crippen LogP contribution in [0.15, 0.2) is 17.6 Å². The van der Waals surface area contributed by atoms with Crippen LogP contribution in [0.3, 0.4) is 0 Å². The quantitative estimate of drug-likeness (QED) is 0.606. The van der Waals surface area contributed by atoms with Crippen molar-refractivity contribution in [2.45, 2.75) is 32.7 Å². The molecule has 0 aromatic carbocycles. The number of thiazole rings is 1. The van der Waals surface area contributed by atoms with Gasteiger partial charge in [-0.15, -0.1) is 11.3 Å². The maximum Gasteiger partial charge on any atom is 0.327 e. The molecule has 3 amide bonds. The fraction of sp³-hybridized carbons (Fsp3) is 0.412. The van der Waals surface area contributed by atoms with Crippen molar-refractivity contribution in [2.75, 3.05) is 13.1 Å². The minimum Gasteiger partial charge on any atom is -0.312 e. The number of ketones is 1. The van der Waals surface area contributed by atoms with Crippen LogP contribution in [0.5, 0.6) is 0 Å². The van der Waals surface area contributed by atoms with Gasteiger partial charge in [0.1, 0.15) is 6.54 Å². The van der Waals surface area contributed by atoms with Crippen LogP contribution in [0.2, 0.25) is 0 Å². The molecule has 0 spiro atoms. The zero-order chi connectivity index (χ0) is 17.7. The van der Waals surface area contributed by atoms with Crippen molar-refractivity contribution in [1.29, 1.82) is 0 Å². The molecule has 0 atom stereocenters. The van der Waals surface area contributed by atoms with Crippen molar-refractivity contribution >= 4 is 29.1 Å². The summed E-state index contributed by atoms with van der Waals surface area (Å²) in [6.07, 6.45) is 3.60. The number of imide groups is 1. The number of carbonyl (C=O) groups excluding carboxylic acids is 3. The predicted molar refractivity (Wildman–Crippen MR) is 92.1 cm³/mol. The van der Waals surface area contributed by atoms with Crippen molar-refractivity contribution in [2.24, 2.45) is 0 Å². The summed E-state index contributed by atoms with van der Waals surface area (Å²) in [6, 6.07) is 1.63. The van der Waals surface area contributed by atoms with Gasteiger partial charge >= 0.3 is 6.03 Å². The first-order valence-electron chi connectivity index (χ1n) is 8.20. The Kier molecular flexibility index (Phi) is 3.72. The molecule has 2 aliphatic rings. The number of rotatable bonds is 5. The first-order valence-corrected chi connectivity index (χ1v) is 9.08. The van der Waals surface area contributed by atoms with Gasteiger partial charge in [0, 0.05) is 34.6 Å². The highest BCUT2D eigenvalue weighted by atomic mass is 32.1. The SMILES string of the molecule is Cc1cc(C(=O)CN2C(=O)CN(C3CC3)C2=O)c(C)n1-c1nccs1. The van der Waals surface area contributed by atoms with E-state index in [1.807, 2.05) is 23.8 Å². The Morgan fingerprint density at radius 3 is 2.72 bits per heavy atom. The van der Waals surface area contributed by atoms with E-state index >= 15 is 0 Å². The van der Waals surface area contributed by atoms with E-state index in [0.29, 0.717) is 5.56 Å². The zero-order valence-corrected chi connectivity index (χ0v) is 14.9. The second kappa shape index (κ2) is 5.80. The molecule has 0 bridgehead atoms. The fourth-order valence-corrected chi connectivity index (χ4v) is 4.03. The molecule has 1 aliphatic heterocycles.